The first kappa shape index (κ1) is 18.0. The van der Waals surface area contributed by atoms with E-state index in [-0.39, 0.29) is 24.5 Å². The zero-order chi connectivity index (χ0) is 19.1. The number of benzene rings is 1. The maximum absolute atomic E-state index is 12.8. The number of amides is 1. The van der Waals surface area contributed by atoms with E-state index in [1.54, 1.807) is 0 Å². The molecule has 0 atom stereocenters. The minimum absolute atomic E-state index is 0.0581. The Kier molecular flexibility index (Phi) is 4.68. The van der Waals surface area contributed by atoms with Crippen molar-refractivity contribution >= 4 is 22.8 Å². The highest BCUT2D eigenvalue weighted by Crippen LogP contribution is 2.34. The van der Waals surface area contributed by atoms with Gasteiger partial charge in [-0.05, 0) is 57.1 Å². The number of nitrogens with zero attached hydrogens (tertiary/aromatic N) is 1. The molecule has 2 fully saturated rings. The number of rotatable bonds is 7. The Balaban J connectivity index is 1.39. The molecule has 0 radical (unpaired) electrons. The molecule has 0 bridgehead atoms. The van der Waals surface area contributed by atoms with Crippen molar-refractivity contribution < 1.29 is 14.7 Å². The predicted molar refractivity (Wildman–Crippen MR) is 104 cm³/mol. The van der Waals surface area contributed by atoms with Crippen LogP contribution in [0.5, 0.6) is 0 Å². The van der Waals surface area contributed by atoms with Crippen molar-refractivity contribution in [2.24, 2.45) is 5.92 Å². The highest BCUT2D eigenvalue weighted by Gasteiger charge is 2.38. The summed E-state index contributed by atoms with van der Waals surface area (Å²) in [6.45, 7) is 5.05. The molecule has 0 unspecified atom stereocenters. The van der Waals surface area contributed by atoms with Crippen molar-refractivity contribution in [2.45, 2.75) is 51.6 Å². The van der Waals surface area contributed by atoms with Crippen molar-refractivity contribution in [3.63, 3.8) is 0 Å². The maximum Gasteiger partial charge on any atom is 0.317 e. The average Bonchev–Trinajstić information content (AvgIpc) is 3.35. The molecular weight excluding hydrogens is 342 g/mol. The second kappa shape index (κ2) is 7.00. The molecule has 6 nitrogen and oxygen atoms in total. The summed E-state index contributed by atoms with van der Waals surface area (Å²) >= 11 is 0. The quantitative estimate of drug-likeness (QED) is 0.701. The first-order chi connectivity index (χ1) is 12.9. The monoisotopic (exact) mass is 369 g/mol. The number of hydrogen-bond donors (Lipinski definition) is 3. The molecule has 0 aliphatic heterocycles. The Labute approximate surface area is 158 Å². The van der Waals surface area contributed by atoms with Crippen LogP contribution in [0.3, 0.4) is 0 Å². The number of carbonyl (C=O) groups is 2. The smallest absolute Gasteiger partial charge is 0.317 e. The molecule has 2 aromatic rings. The first-order valence-corrected chi connectivity index (χ1v) is 9.77. The van der Waals surface area contributed by atoms with E-state index in [1.807, 2.05) is 25.1 Å². The van der Waals surface area contributed by atoms with Crippen LogP contribution in [0.4, 0.5) is 0 Å². The SMILES string of the molecule is Cc1[nH]c2c(C(=O)NC3CC(N(CC(=O)O)CC4CC4)C3)cccc2c1C. The van der Waals surface area contributed by atoms with Crippen LogP contribution in [0.15, 0.2) is 18.2 Å². The van der Waals surface area contributed by atoms with Crippen molar-refractivity contribution in [3.05, 3.63) is 35.0 Å². The molecule has 6 heteroatoms. The van der Waals surface area contributed by atoms with E-state index in [1.165, 1.54) is 18.4 Å². The third-order valence-corrected chi connectivity index (χ3v) is 6.08. The summed E-state index contributed by atoms with van der Waals surface area (Å²) in [7, 11) is 0. The largest absolute Gasteiger partial charge is 0.480 e. The van der Waals surface area contributed by atoms with Crippen molar-refractivity contribution in [1.29, 1.82) is 0 Å². The number of carbonyl (C=O) groups excluding carboxylic acids is 1. The van der Waals surface area contributed by atoms with Gasteiger partial charge < -0.3 is 15.4 Å². The molecule has 4 rings (SSSR count). The average molecular weight is 369 g/mol. The van der Waals surface area contributed by atoms with Crippen molar-refractivity contribution in [1.82, 2.24) is 15.2 Å². The van der Waals surface area contributed by atoms with Gasteiger partial charge in [0.25, 0.3) is 5.91 Å². The molecule has 1 amide bonds. The lowest BCUT2D eigenvalue weighted by Gasteiger charge is -2.42. The molecule has 1 heterocycles. The van der Waals surface area contributed by atoms with Crippen LogP contribution >= 0.6 is 0 Å². The van der Waals surface area contributed by atoms with Crippen molar-refractivity contribution in [3.8, 4) is 0 Å². The number of carboxylic acids is 1. The summed E-state index contributed by atoms with van der Waals surface area (Å²) in [5, 5.41) is 13.4. The number of aryl methyl sites for hydroxylation is 2. The molecule has 0 spiro atoms. The highest BCUT2D eigenvalue weighted by atomic mass is 16.4. The van der Waals surface area contributed by atoms with Crippen LogP contribution in [0.2, 0.25) is 0 Å². The minimum Gasteiger partial charge on any atom is -0.480 e. The van der Waals surface area contributed by atoms with Gasteiger partial charge in [0.05, 0.1) is 17.6 Å². The Bertz CT molecular complexity index is 878. The van der Waals surface area contributed by atoms with Crippen LogP contribution in [0.1, 0.15) is 47.3 Å². The summed E-state index contributed by atoms with van der Waals surface area (Å²) in [4.78, 5) is 29.3. The van der Waals surface area contributed by atoms with Crippen molar-refractivity contribution in [2.75, 3.05) is 13.1 Å². The van der Waals surface area contributed by atoms with Gasteiger partial charge in [0.1, 0.15) is 0 Å². The Morgan fingerprint density at radius 1 is 1.26 bits per heavy atom. The van der Waals surface area contributed by atoms with Crippen LogP contribution < -0.4 is 5.32 Å². The fourth-order valence-electron chi connectivity index (χ4n) is 4.09. The summed E-state index contributed by atoms with van der Waals surface area (Å²) in [5.74, 6) is -0.167. The van der Waals surface area contributed by atoms with Crippen LogP contribution in [0.25, 0.3) is 10.9 Å². The van der Waals surface area contributed by atoms with E-state index >= 15 is 0 Å². The van der Waals surface area contributed by atoms with Gasteiger partial charge >= 0.3 is 5.97 Å². The lowest BCUT2D eigenvalue weighted by molar-refractivity contribution is -0.139. The number of para-hydroxylation sites is 1. The van der Waals surface area contributed by atoms with Gasteiger partial charge in [-0.25, -0.2) is 0 Å². The summed E-state index contributed by atoms with van der Waals surface area (Å²) in [5.41, 5.74) is 3.82. The van der Waals surface area contributed by atoms with Gasteiger partial charge in [-0.3, -0.25) is 14.5 Å². The molecule has 3 N–H and O–H groups in total. The lowest BCUT2D eigenvalue weighted by atomic mass is 9.85. The Morgan fingerprint density at radius 2 is 2.00 bits per heavy atom. The number of aromatic amines is 1. The normalized spacial score (nSPS) is 22.0. The maximum atomic E-state index is 12.8. The standard InChI is InChI=1S/C21H27N3O3/c1-12-13(2)22-20-17(12)4-3-5-18(20)21(27)23-15-8-16(9-15)24(11-19(25)26)10-14-6-7-14/h3-5,14-16,22H,6-11H2,1-2H3,(H,23,27)(H,25,26). The van der Waals surface area contributed by atoms with Crippen LogP contribution in [-0.2, 0) is 4.79 Å². The number of carboxylic acid groups (broad SMARTS) is 1. The first-order valence-electron chi connectivity index (χ1n) is 9.77. The summed E-state index contributed by atoms with van der Waals surface area (Å²) in [6, 6.07) is 6.19. The molecule has 2 aliphatic rings. The van der Waals surface area contributed by atoms with E-state index in [2.05, 4.69) is 22.1 Å². The molecule has 27 heavy (non-hydrogen) atoms. The zero-order valence-electron chi connectivity index (χ0n) is 15.9. The number of H-pyrrole nitrogens is 1. The van der Waals surface area contributed by atoms with Gasteiger partial charge in [0.2, 0.25) is 0 Å². The van der Waals surface area contributed by atoms with E-state index in [4.69, 9.17) is 5.11 Å². The molecule has 0 saturated heterocycles. The fourth-order valence-corrected chi connectivity index (χ4v) is 4.09. The van der Waals surface area contributed by atoms with E-state index in [0.29, 0.717) is 11.5 Å². The third kappa shape index (κ3) is 3.72. The van der Waals surface area contributed by atoms with Gasteiger partial charge in [0.15, 0.2) is 0 Å². The van der Waals surface area contributed by atoms with Crippen LogP contribution in [0, 0.1) is 19.8 Å². The number of hydrogen-bond acceptors (Lipinski definition) is 3. The highest BCUT2D eigenvalue weighted by molar-refractivity contribution is 6.06. The topological polar surface area (TPSA) is 85.4 Å². The number of fused-ring (bicyclic) bond motifs is 1. The molecular formula is C21H27N3O3. The van der Waals surface area contributed by atoms with Gasteiger partial charge in [-0.1, -0.05) is 12.1 Å². The van der Waals surface area contributed by atoms with Crippen LogP contribution in [-0.4, -0.2) is 52.0 Å². The lowest BCUT2D eigenvalue weighted by Crippen LogP contribution is -2.55. The van der Waals surface area contributed by atoms with E-state index in [0.717, 1.165) is 36.0 Å². The minimum atomic E-state index is -0.771. The second-order valence-electron chi connectivity index (χ2n) is 8.17. The molecule has 2 aliphatic carbocycles. The fraction of sp³-hybridized carbons (Fsp3) is 0.524. The summed E-state index contributed by atoms with van der Waals surface area (Å²) < 4.78 is 0. The molecule has 144 valence electrons. The van der Waals surface area contributed by atoms with E-state index in [9.17, 15) is 9.59 Å². The Morgan fingerprint density at radius 3 is 2.67 bits per heavy atom. The number of aliphatic carboxylic acids is 1. The number of nitrogens with one attached hydrogen (secondary N) is 2. The van der Waals surface area contributed by atoms with E-state index < -0.39 is 5.97 Å². The Hall–Kier alpha value is -2.34. The third-order valence-electron chi connectivity index (χ3n) is 6.08. The van der Waals surface area contributed by atoms with Gasteiger partial charge in [-0.2, -0.15) is 0 Å². The van der Waals surface area contributed by atoms with Gasteiger partial charge in [-0.15, -0.1) is 0 Å². The molecule has 1 aromatic heterocycles. The summed E-state index contributed by atoms with van der Waals surface area (Å²) in [6.07, 6.45) is 4.07. The number of aromatic nitrogens is 1. The molecule has 2 saturated carbocycles. The second-order valence-corrected chi connectivity index (χ2v) is 8.17. The predicted octanol–water partition coefficient (Wildman–Crippen LogP) is 2.84. The van der Waals surface area contributed by atoms with Gasteiger partial charge in [0, 0.05) is 29.7 Å². The molecule has 1 aromatic carbocycles. The zero-order valence-corrected chi connectivity index (χ0v) is 15.9.